The summed E-state index contributed by atoms with van der Waals surface area (Å²) in [7, 11) is 1.68. The number of nitrogens with zero attached hydrogens (tertiary/aromatic N) is 3. The highest BCUT2D eigenvalue weighted by Gasteiger charge is 2.22. The van der Waals surface area contributed by atoms with E-state index < -0.39 is 0 Å². The van der Waals surface area contributed by atoms with Crippen molar-refractivity contribution in [2.75, 3.05) is 39.8 Å². The van der Waals surface area contributed by atoms with Gasteiger partial charge in [-0.2, -0.15) is 0 Å². The quantitative estimate of drug-likeness (QED) is 0.719. The van der Waals surface area contributed by atoms with Crippen LogP contribution in [0.1, 0.15) is 40.7 Å². The van der Waals surface area contributed by atoms with E-state index in [1.807, 2.05) is 46.2 Å². The summed E-state index contributed by atoms with van der Waals surface area (Å²) in [6.07, 6.45) is 2.57. The van der Waals surface area contributed by atoms with Crippen LogP contribution in [0, 0.1) is 0 Å². The topological polar surface area (TPSA) is 53.1 Å². The summed E-state index contributed by atoms with van der Waals surface area (Å²) in [4.78, 5) is 31.1. The van der Waals surface area contributed by atoms with Gasteiger partial charge in [0.25, 0.3) is 5.91 Å². The summed E-state index contributed by atoms with van der Waals surface area (Å²) >= 11 is 0. The van der Waals surface area contributed by atoms with Crippen LogP contribution in [-0.2, 0) is 17.9 Å². The van der Waals surface area contributed by atoms with E-state index in [0.29, 0.717) is 13.0 Å². The van der Waals surface area contributed by atoms with Gasteiger partial charge < -0.3 is 14.5 Å². The number of hydrogen-bond donors (Lipinski definition) is 0. The van der Waals surface area contributed by atoms with Gasteiger partial charge in [-0.15, -0.1) is 0 Å². The molecule has 0 aliphatic carbocycles. The molecule has 2 aromatic rings. The Kier molecular flexibility index (Phi) is 6.87. The highest BCUT2D eigenvalue weighted by molar-refractivity contribution is 5.94. The Balaban J connectivity index is 1.31. The van der Waals surface area contributed by atoms with Gasteiger partial charge in [-0.05, 0) is 48.2 Å². The molecule has 0 bridgehead atoms. The smallest absolute Gasteiger partial charge is 0.253 e. The number of methoxy groups -OCH3 is 1. The van der Waals surface area contributed by atoms with Gasteiger partial charge in [0.1, 0.15) is 5.75 Å². The molecule has 2 heterocycles. The maximum absolute atomic E-state index is 13.0. The number of hydrogen-bond acceptors (Lipinski definition) is 4. The fourth-order valence-corrected chi connectivity index (χ4v) is 4.35. The first-order chi connectivity index (χ1) is 15.1. The molecule has 6 nitrogen and oxygen atoms in total. The number of carbonyl (C=O) groups excluding carboxylic acids is 2. The van der Waals surface area contributed by atoms with Crippen molar-refractivity contribution in [3.63, 3.8) is 0 Å². The maximum atomic E-state index is 13.0. The average molecular weight is 422 g/mol. The standard InChI is InChI=1S/C25H31N3O3/c1-31-23-11-7-20(8-12-23)18-26-13-3-15-27(17-16-26)25(30)22-9-5-21(6-10-22)19-28-14-2-4-24(28)29/h5-12H,2-4,13-19H2,1H3. The second-order valence-corrected chi connectivity index (χ2v) is 8.39. The molecular formula is C25H31N3O3. The molecule has 0 unspecified atom stereocenters. The minimum atomic E-state index is 0.0927. The Morgan fingerprint density at radius 1 is 0.839 bits per heavy atom. The third-order valence-corrected chi connectivity index (χ3v) is 6.19. The highest BCUT2D eigenvalue weighted by atomic mass is 16.5. The lowest BCUT2D eigenvalue weighted by molar-refractivity contribution is -0.128. The molecular weight excluding hydrogens is 390 g/mol. The zero-order valence-corrected chi connectivity index (χ0v) is 18.3. The fraction of sp³-hybridized carbons (Fsp3) is 0.440. The molecule has 2 amide bonds. The first-order valence-corrected chi connectivity index (χ1v) is 11.1. The molecule has 2 fully saturated rings. The van der Waals surface area contributed by atoms with Crippen LogP contribution < -0.4 is 4.74 Å². The van der Waals surface area contributed by atoms with Gasteiger partial charge >= 0.3 is 0 Å². The van der Waals surface area contributed by atoms with Crippen molar-refractivity contribution in [2.45, 2.75) is 32.4 Å². The van der Waals surface area contributed by atoms with Gasteiger partial charge in [0.2, 0.25) is 5.91 Å². The Hall–Kier alpha value is -2.86. The van der Waals surface area contributed by atoms with Crippen LogP contribution in [0.25, 0.3) is 0 Å². The molecule has 0 atom stereocenters. The zero-order valence-electron chi connectivity index (χ0n) is 18.3. The van der Waals surface area contributed by atoms with Crippen molar-refractivity contribution < 1.29 is 14.3 Å². The molecule has 0 spiro atoms. The SMILES string of the molecule is COc1ccc(CN2CCCN(C(=O)c3ccc(CN4CCCC4=O)cc3)CC2)cc1. The molecule has 0 N–H and O–H groups in total. The Morgan fingerprint density at radius 3 is 2.23 bits per heavy atom. The molecule has 2 saturated heterocycles. The molecule has 6 heteroatoms. The molecule has 31 heavy (non-hydrogen) atoms. The van der Waals surface area contributed by atoms with Crippen LogP contribution >= 0.6 is 0 Å². The van der Waals surface area contributed by atoms with E-state index in [0.717, 1.165) is 69.0 Å². The summed E-state index contributed by atoms with van der Waals surface area (Å²) in [6, 6.07) is 15.9. The number of benzene rings is 2. The minimum Gasteiger partial charge on any atom is -0.497 e. The van der Waals surface area contributed by atoms with Crippen LogP contribution in [0.5, 0.6) is 5.75 Å². The Labute approximate surface area is 184 Å². The van der Waals surface area contributed by atoms with Gasteiger partial charge in [-0.3, -0.25) is 14.5 Å². The van der Waals surface area contributed by atoms with E-state index in [4.69, 9.17) is 4.74 Å². The van der Waals surface area contributed by atoms with Gasteiger partial charge in [-0.25, -0.2) is 0 Å². The number of amides is 2. The van der Waals surface area contributed by atoms with Crippen LogP contribution in [-0.4, -0.2) is 66.3 Å². The lowest BCUT2D eigenvalue weighted by Crippen LogP contribution is -2.35. The van der Waals surface area contributed by atoms with E-state index in [-0.39, 0.29) is 11.8 Å². The minimum absolute atomic E-state index is 0.0927. The molecule has 164 valence electrons. The van der Waals surface area contributed by atoms with Gasteiger partial charge in [-0.1, -0.05) is 24.3 Å². The maximum Gasteiger partial charge on any atom is 0.253 e. The van der Waals surface area contributed by atoms with E-state index in [1.54, 1.807) is 7.11 Å². The molecule has 4 rings (SSSR count). The van der Waals surface area contributed by atoms with Crippen LogP contribution in [0.15, 0.2) is 48.5 Å². The largest absolute Gasteiger partial charge is 0.497 e. The molecule has 2 aliphatic heterocycles. The van der Waals surface area contributed by atoms with Gasteiger partial charge in [0.05, 0.1) is 7.11 Å². The van der Waals surface area contributed by atoms with Crippen molar-refractivity contribution in [3.05, 3.63) is 65.2 Å². The number of likely N-dealkylation sites (tertiary alicyclic amines) is 1. The van der Waals surface area contributed by atoms with Crippen LogP contribution in [0.2, 0.25) is 0 Å². The Morgan fingerprint density at radius 2 is 1.55 bits per heavy atom. The molecule has 2 aliphatic rings. The van der Waals surface area contributed by atoms with Crippen molar-refractivity contribution in [1.82, 2.24) is 14.7 Å². The summed E-state index contributed by atoms with van der Waals surface area (Å²) in [6.45, 7) is 5.72. The first kappa shape index (κ1) is 21.4. The van der Waals surface area contributed by atoms with Gasteiger partial charge in [0, 0.05) is 57.8 Å². The van der Waals surface area contributed by atoms with Crippen molar-refractivity contribution in [2.24, 2.45) is 0 Å². The molecule has 0 aromatic heterocycles. The second-order valence-electron chi connectivity index (χ2n) is 8.39. The average Bonchev–Trinajstić information content (AvgIpc) is 3.06. The normalized spacial score (nSPS) is 17.6. The van der Waals surface area contributed by atoms with Gasteiger partial charge in [0.15, 0.2) is 0 Å². The predicted octanol–water partition coefficient (Wildman–Crippen LogP) is 3.17. The lowest BCUT2D eigenvalue weighted by Gasteiger charge is -2.22. The van der Waals surface area contributed by atoms with Crippen LogP contribution in [0.3, 0.4) is 0 Å². The van der Waals surface area contributed by atoms with Crippen LogP contribution in [0.4, 0.5) is 0 Å². The van der Waals surface area contributed by atoms with E-state index in [2.05, 4.69) is 17.0 Å². The third kappa shape index (κ3) is 5.44. The zero-order chi connectivity index (χ0) is 21.6. The third-order valence-electron chi connectivity index (χ3n) is 6.19. The molecule has 2 aromatic carbocycles. The summed E-state index contributed by atoms with van der Waals surface area (Å²) in [5.74, 6) is 1.19. The number of carbonyl (C=O) groups is 2. The molecule has 0 radical (unpaired) electrons. The summed E-state index contributed by atoms with van der Waals surface area (Å²) in [5, 5.41) is 0. The van der Waals surface area contributed by atoms with Crippen molar-refractivity contribution >= 4 is 11.8 Å². The monoisotopic (exact) mass is 421 g/mol. The summed E-state index contributed by atoms with van der Waals surface area (Å²) in [5.41, 5.74) is 3.06. The number of rotatable bonds is 6. The highest BCUT2D eigenvalue weighted by Crippen LogP contribution is 2.17. The van der Waals surface area contributed by atoms with E-state index in [9.17, 15) is 9.59 Å². The predicted molar refractivity (Wildman–Crippen MR) is 120 cm³/mol. The van der Waals surface area contributed by atoms with Crippen molar-refractivity contribution in [1.29, 1.82) is 0 Å². The lowest BCUT2D eigenvalue weighted by atomic mass is 10.1. The number of ether oxygens (including phenoxy) is 1. The Bertz CT molecular complexity index is 895. The summed E-state index contributed by atoms with van der Waals surface area (Å²) < 4.78 is 5.23. The molecule has 0 saturated carbocycles. The fourth-order valence-electron chi connectivity index (χ4n) is 4.35. The second kappa shape index (κ2) is 9.96. The first-order valence-electron chi connectivity index (χ1n) is 11.1. The van der Waals surface area contributed by atoms with E-state index >= 15 is 0 Å². The van der Waals surface area contributed by atoms with E-state index in [1.165, 1.54) is 5.56 Å². The van der Waals surface area contributed by atoms with Crippen molar-refractivity contribution in [3.8, 4) is 5.75 Å².